The minimum Gasteiger partial charge on any atom is -0.393 e. The minimum atomic E-state index is -3.68. The first-order chi connectivity index (χ1) is 8.76. The summed E-state index contributed by atoms with van der Waals surface area (Å²) in [5, 5.41) is 0.159. The smallest absolute Gasteiger partial charge is 0.242 e. The molecule has 8 heteroatoms. The Balaban J connectivity index is 3.00. The molecular weight excluding hydrogens is 372 g/mol. The number of rotatable bonds is 6. The van der Waals surface area contributed by atoms with Crippen LogP contribution in [0, 0.1) is 0 Å². The molecule has 0 saturated carbocycles. The molecule has 1 rings (SSSR count). The maximum atomic E-state index is 12.2. The van der Waals surface area contributed by atoms with Crippen molar-refractivity contribution in [1.29, 1.82) is 0 Å². The highest BCUT2D eigenvalue weighted by molar-refractivity contribution is 9.10. The van der Waals surface area contributed by atoms with Crippen molar-refractivity contribution >= 4 is 54.8 Å². The average molecular weight is 386 g/mol. The summed E-state index contributed by atoms with van der Waals surface area (Å²) in [6.45, 7) is 1.86. The summed E-state index contributed by atoms with van der Waals surface area (Å²) in [6, 6.07) is 4.27. The van der Waals surface area contributed by atoms with E-state index in [1.807, 2.05) is 6.92 Å². The summed E-state index contributed by atoms with van der Waals surface area (Å²) < 4.78 is 27.7. The van der Waals surface area contributed by atoms with Crippen LogP contribution in [0.15, 0.2) is 27.6 Å². The first-order valence-electron chi connectivity index (χ1n) is 5.52. The fraction of sp³-hybridized carbons (Fsp3) is 0.364. The number of nitrogens with one attached hydrogen (secondary N) is 1. The third kappa shape index (κ3) is 5.00. The van der Waals surface area contributed by atoms with Gasteiger partial charge in [-0.1, -0.05) is 46.7 Å². The summed E-state index contributed by atoms with van der Waals surface area (Å²) in [7, 11) is -3.68. The summed E-state index contributed by atoms with van der Waals surface area (Å²) in [4.78, 5) is 0.315. The van der Waals surface area contributed by atoms with Crippen molar-refractivity contribution in [2.45, 2.75) is 30.7 Å². The quantitative estimate of drug-likeness (QED) is 0.739. The number of halogens is 2. The highest BCUT2D eigenvalue weighted by Gasteiger charge is 2.22. The van der Waals surface area contributed by atoms with E-state index in [0.717, 1.165) is 0 Å². The Morgan fingerprint density at radius 3 is 2.68 bits per heavy atom. The van der Waals surface area contributed by atoms with Gasteiger partial charge in [0.15, 0.2) is 0 Å². The zero-order valence-corrected chi connectivity index (χ0v) is 14.2. The Kier molecular flexibility index (Phi) is 6.19. The molecule has 4 nitrogen and oxygen atoms in total. The molecule has 3 N–H and O–H groups in total. The molecule has 0 amide bonds. The second-order valence-electron chi connectivity index (χ2n) is 3.97. The molecule has 1 aromatic rings. The van der Waals surface area contributed by atoms with Gasteiger partial charge in [0.1, 0.15) is 4.90 Å². The lowest BCUT2D eigenvalue weighted by atomic mass is 10.2. The first kappa shape index (κ1) is 16.8. The van der Waals surface area contributed by atoms with Gasteiger partial charge in [0.05, 0.1) is 10.0 Å². The van der Waals surface area contributed by atoms with Crippen LogP contribution in [0.5, 0.6) is 0 Å². The molecule has 106 valence electrons. The van der Waals surface area contributed by atoms with E-state index in [4.69, 9.17) is 29.6 Å². The van der Waals surface area contributed by atoms with Gasteiger partial charge in [0.25, 0.3) is 0 Å². The Hall–Kier alpha value is -0.210. The van der Waals surface area contributed by atoms with E-state index in [0.29, 0.717) is 17.3 Å². The second-order valence-corrected chi connectivity index (χ2v) is 7.50. The van der Waals surface area contributed by atoms with Crippen LogP contribution in [-0.2, 0) is 10.0 Å². The van der Waals surface area contributed by atoms with Crippen molar-refractivity contribution in [3.05, 3.63) is 27.7 Å². The average Bonchev–Trinajstić information content (AvgIpc) is 2.26. The second kappa shape index (κ2) is 6.99. The van der Waals surface area contributed by atoms with Crippen LogP contribution in [0.25, 0.3) is 0 Å². The summed E-state index contributed by atoms with van der Waals surface area (Å²) in [6.07, 6.45) is 0.907. The van der Waals surface area contributed by atoms with Crippen molar-refractivity contribution in [1.82, 2.24) is 4.72 Å². The van der Waals surface area contributed by atoms with Gasteiger partial charge in [-0.15, -0.1) is 0 Å². The van der Waals surface area contributed by atoms with Crippen LogP contribution >= 0.6 is 39.7 Å². The maximum Gasteiger partial charge on any atom is 0.242 e. The van der Waals surface area contributed by atoms with Crippen molar-refractivity contribution < 1.29 is 8.42 Å². The lowest BCUT2D eigenvalue weighted by Crippen LogP contribution is -2.37. The van der Waals surface area contributed by atoms with Crippen LogP contribution in [0.1, 0.15) is 19.8 Å². The molecule has 0 radical (unpaired) electrons. The molecule has 0 aliphatic rings. The monoisotopic (exact) mass is 384 g/mol. The largest absolute Gasteiger partial charge is 0.393 e. The van der Waals surface area contributed by atoms with E-state index in [-0.39, 0.29) is 20.9 Å². The summed E-state index contributed by atoms with van der Waals surface area (Å²) in [5.74, 6) is 0. The first-order valence-corrected chi connectivity index (χ1v) is 8.58. The number of benzene rings is 1. The number of thiocarbonyl (C=S) groups is 1. The van der Waals surface area contributed by atoms with E-state index >= 15 is 0 Å². The van der Waals surface area contributed by atoms with Crippen LogP contribution in [0.2, 0.25) is 5.02 Å². The van der Waals surface area contributed by atoms with E-state index in [2.05, 4.69) is 20.7 Å². The number of hydrogen-bond donors (Lipinski definition) is 2. The van der Waals surface area contributed by atoms with Gasteiger partial charge in [0, 0.05) is 16.9 Å². The van der Waals surface area contributed by atoms with Gasteiger partial charge >= 0.3 is 0 Å². The predicted molar refractivity (Wildman–Crippen MR) is 85.0 cm³/mol. The zero-order chi connectivity index (χ0) is 14.6. The number of sulfonamides is 1. The minimum absolute atomic E-state index is 0.0405. The molecule has 0 aliphatic carbocycles. The van der Waals surface area contributed by atoms with Crippen LogP contribution in [0.4, 0.5) is 0 Å². The number of nitrogens with two attached hydrogens (primary N) is 1. The van der Waals surface area contributed by atoms with E-state index in [1.54, 1.807) is 6.07 Å². The molecule has 1 atom stereocenters. The molecule has 0 heterocycles. The Bertz CT molecular complexity index is 578. The third-order valence-corrected chi connectivity index (χ3v) is 5.11. The molecule has 0 saturated heterocycles. The van der Waals surface area contributed by atoms with Crippen molar-refractivity contribution in [3.8, 4) is 0 Å². The Labute approximate surface area is 131 Å². The third-order valence-electron chi connectivity index (χ3n) is 2.45. The van der Waals surface area contributed by atoms with Crippen LogP contribution < -0.4 is 10.5 Å². The van der Waals surface area contributed by atoms with Gasteiger partial charge in [-0.2, -0.15) is 0 Å². The molecule has 0 fully saturated rings. The highest BCUT2D eigenvalue weighted by Crippen LogP contribution is 2.25. The molecule has 19 heavy (non-hydrogen) atoms. The van der Waals surface area contributed by atoms with Gasteiger partial charge in [0.2, 0.25) is 10.0 Å². The van der Waals surface area contributed by atoms with Crippen molar-refractivity contribution in [2.24, 2.45) is 5.73 Å². The van der Waals surface area contributed by atoms with Crippen LogP contribution in [0.3, 0.4) is 0 Å². The fourth-order valence-electron chi connectivity index (χ4n) is 1.49. The van der Waals surface area contributed by atoms with Gasteiger partial charge in [-0.05, 0) is 24.6 Å². The van der Waals surface area contributed by atoms with E-state index < -0.39 is 10.0 Å². The SMILES string of the molecule is CCC(CC(N)=S)NS(=O)(=O)c1ccc(Br)cc1Cl. The standard InChI is InChI=1S/C11H14BrClN2O2S2/c1-2-8(6-11(14)18)15-19(16,17)10-4-3-7(12)5-9(10)13/h3-5,8,15H,2,6H2,1H3,(H2,14,18). The molecule has 0 aliphatic heterocycles. The molecule has 1 unspecified atom stereocenters. The topological polar surface area (TPSA) is 72.2 Å². The lowest BCUT2D eigenvalue weighted by molar-refractivity contribution is 0.546. The summed E-state index contributed by atoms with van der Waals surface area (Å²) >= 11 is 14.0. The molecular formula is C11H14BrClN2O2S2. The van der Waals surface area contributed by atoms with Crippen LogP contribution in [-0.4, -0.2) is 19.4 Å². The van der Waals surface area contributed by atoms with E-state index in [9.17, 15) is 8.42 Å². The van der Waals surface area contributed by atoms with Gasteiger partial charge in [-0.25, -0.2) is 13.1 Å². The molecule has 0 bridgehead atoms. The van der Waals surface area contributed by atoms with Crippen molar-refractivity contribution in [3.63, 3.8) is 0 Å². The number of hydrogen-bond acceptors (Lipinski definition) is 3. The van der Waals surface area contributed by atoms with Gasteiger partial charge < -0.3 is 5.73 Å². The molecule has 0 aromatic heterocycles. The van der Waals surface area contributed by atoms with E-state index in [1.165, 1.54) is 12.1 Å². The lowest BCUT2D eigenvalue weighted by Gasteiger charge is -2.17. The van der Waals surface area contributed by atoms with Crippen molar-refractivity contribution in [2.75, 3.05) is 0 Å². The Morgan fingerprint density at radius 1 is 1.58 bits per heavy atom. The normalized spacial score (nSPS) is 13.2. The predicted octanol–water partition coefficient (Wildman–Crippen LogP) is 2.84. The fourth-order valence-corrected chi connectivity index (χ4v) is 4.05. The maximum absolute atomic E-state index is 12.2. The zero-order valence-electron chi connectivity index (χ0n) is 10.2. The molecule has 1 aromatic carbocycles. The highest BCUT2D eigenvalue weighted by atomic mass is 79.9. The molecule has 0 spiro atoms. The Morgan fingerprint density at radius 2 is 2.21 bits per heavy atom. The van der Waals surface area contributed by atoms with Gasteiger partial charge in [-0.3, -0.25) is 0 Å². The summed E-state index contributed by atoms with van der Waals surface area (Å²) in [5.41, 5.74) is 5.44.